The molecule has 4 rings (SSSR count). The Morgan fingerprint density at radius 2 is 1.87 bits per heavy atom. The molecule has 0 radical (unpaired) electrons. The highest BCUT2D eigenvalue weighted by Gasteiger charge is 2.42. The molecule has 0 heterocycles. The van der Waals surface area contributed by atoms with Crippen molar-refractivity contribution in [2.45, 2.75) is 76.2 Å². The Kier molecular flexibility index (Phi) is 12.3. The smallest absolute Gasteiger partial charge is 0.192 e. The average Bonchev–Trinajstić information content (AvgIpc) is 3.69. The summed E-state index contributed by atoms with van der Waals surface area (Å²) in [5.41, 5.74) is 7.43. The summed E-state index contributed by atoms with van der Waals surface area (Å²) < 4.78 is 17.3. The number of guanidine groups is 1. The Morgan fingerprint density at radius 1 is 1.11 bits per heavy atom. The van der Waals surface area contributed by atoms with E-state index in [2.05, 4.69) is 15.6 Å². The van der Waals surface area contributed by atoms with Gasteiger partial charge in [0.2, 0.25) is 0 Å². The number of aromatic hydroxyl groups is 2. The first-order valence-corrected chi connectivity index (χ1v) is 16.4. The van der Waals surface area contributed by atoms with Gasteiger partial charge in [0, 0.05) is 32.7 Å². The Morgan fingerprint density at radius 3 is 2.57 bits per heavy atom. The van der Waals surface area contributed by atoms with E-state index < -0.39 is 11.0 Å². The zero-order valence-corrected chi connectivity index (χ0v) is 27.9. The maximum atomic E-state index is 13.6. The fourth-order valence-corrected chi connectivity index (χ4v) is 7.15. The number of phenols is 2. The van der Waals surface area contributed by atoms with Crippen LogP contribution in [0.25, 0.3) is 0 Å². The molecule has 2 aromatic rings. The van der Waals surface area contributed by atoms with Crippen LogP contribution in [0.3, 0.4) is 0 Å². The van der Waals surface area contributed by atoms with E-state index in [-0.39, 0.29) is 23.2 Å². The highest BCUT2D eigenvalue weighted by atomic mass is 16.5. The first kappa shape index (κ1) is 35.1. The van der Waals surface area contributed by atoms with Crippen LogP contribution in [0.5, 0.6) is 23.0 Å². The SMILES string of the molecule is CN=C(N)Nc1cc(CCC=CC(=O)C2(Cc3ccc(O)c(OC)c3)CCCC2)cc(OC2(CNC)CCC(CCOC)C2)c1O. The number of aryl methyl sites for hydroxylation is 1. The van der Waals surface area contributed by atoms with Crippen LogP contribution in [0, 0.1) is 11.3 Å². The van der Waals surface area contributed by atoms with Gasteiger partial charge < -0.3 is 40.8 Å². The first-order chi connectivity index (χ1) is 22.2. The second-order valence-corrected chi connectivity index (χ2v) is 12.9. The predicted molar refractivity (Wildman–Crippen MR) is 182 cm³/mol. The Hall–Kier alpha value is -3.76. The van der Waals surface area contributed by atoms with Crippen LogP contribution >= 0.6 is 0 Å². The summed E-state index contributed by atoms with van der Waals surface area (Å²) in [4.78, 5) is 17.6. The van der Waals surface area contributed by atoms with Crippen LogP contribution in [0.15, 0.2) is 47.5 Å². The summed E-state index contributed by atoms with van der Waals surface area (Å²) in [7, 11) is 6.75. The van der Waals surface area contributed by atoms with Gasteiger partial charge in [-0.05, 0) is 112 Å². The summed E-state index contributed by atoms with van der Waals surface area (Å²) in [5.74, 6) is 1.72. The molecule has 0 bridgehead atoms. The van der Waals surface area contributed by atoms with Crippen molar-refractivity contribution in [2.75, 3.05) is 46.8 Å². The van der Waals surface area contributed by atoms with E-state index in [4.69, 9.17) is 19.9 Å². The van der Waals surface area contributed by atoms with Gasteiger partial charge in [-0.25, -0.2) is 0 Å². The number of nitrogens with one attached hydrogen (secondary N) is 2. The zero-order valence-electron chi connectivity index (χ0n) is 27.9. The molecule has 252 valence electrons. The van der Waals surface area contributed by atoms with Gasteiger partial charge in [0.1, 0.15) is 5.60 Å². The third kappa shape index (κ3) is 8.73. The molecule has 2 aliphatic rings. The number of likely N-dealkylation sites (N-methyl/N-ethyl adjacent to an activating group) is 1. The number of nitrogens with two attached hydrogens (primary N) is 1. The maximum Gasteiger partial charge on any atom is 0.192 e. The molecule has 0 spiro atoms. The van der Waals surface area contributed by atoms with Crippen molar-refractivity contribution in [1.82, 2.24) is 5.32 Å². The number of rotatable bonds is 16. The van der Waals surface area contributed by atoms with Crippen LogP contribution in [0.4, 0.5) is 5.69 Å². The first-order valence-electron chi connectivity index (χ1n) is 16.4. The van der Waals surface area contributed by atoms with Crippen molar-refractivity contribution in [3.63, 3.8) is 0 Å². The maximum absolute atomic E-state index is 13.6. The van der Waals surface area contributed by atoms with E-state index in [0.717, 1.165) is 62.5 Å². The molecule has 46 heavy (non-hydrogen) atoms. The third-order valence-electron chi connectivity index (χ3n) is 9.60. The number of aliphatic imine (C=N–C) groups is 1. The van der Waals surface area contributed by atoms with Gasteiger partial charge in [0.15, 0.2) is 34.7 Å². The van der Waals surface area contributed by atoms with Crippen molar-refractivity contribution >= 4 is 17.4 Å². The fourth-order valence-electron chi connectivity index (χ4n) is 7.15. The Balaban J connectivity index is 1.50. The molecule has 10 nitrogen and oxygen atoms in total. The normalized spacial score (nSPS) is 21.1. The lowest BCUT2D eigenvalue weighted by atomic mass is 9.76. The van der Waals surface area contributed by atoms with E-state index >= 15 is 0 Å². The molecule has 10 heteroatoms. The third-order valence-corrected chi connectivity index (χ3v) is 9.60. The monoisotopic (exact) mass is 636 g/mol. The van der Waals surface area contributed by atoms with Crippen LogP contribution in [0.1, 0.15) is 68.9 Å². The number of hydrogen-bond donors (Lipinski definition) is 5. The van der Waals surface area contributed by atoms with Gasteiger partial charge in [-0.1, -0.05) is 25.0 Å². The van der Waals surface area contributed by atoms with Crippen LogP contribution in [-0.2, 0) is 22.4 Å². The average molecular weight is 637 g/mol. The summed E-state index contributed by atoms with van der Waals surface area (Å²) >= 11 is 0. The van der Waals surface area contributed by atoms with Crippen molar-refractivity contribution in [3.05, 3.63) is 53.6 Å². The molecule has 2 fully saturated rings. The lowest BCUT2D eigenvalue weighted by Gasteiger charge is -2.31. The van der Waals surface area contributed by atoms with Gasteiger partial charge >= 0.3 is 0 Å². The van der Waals surface area contributed by atoms with E-state index in [1.54, 1.807) is 26.3 Å². The number of nitrogens with zero attached hydrogens (tertiary/aromatic N) is 1. The van der Waals surface area contributed by atoms with Gasteiger partial charge in [0.05, 0.1) is 12.8 Å². The van der Waals surface area contributed by atoms with Gasteiger partial charge in [-0.3, -0.25) is 9.79 Å². The number of phenolic OH excluding ortho intramolecular Hbond substituents is 2. The number of carbonyl (C=O) groups excluding carboxylic acids is 1. The number of hydrogen-bond acceptors (Lipinski definition) is 8. The minimum atomic E-state index is -0.450. The second-order valence-electron chi connectivity index (χ2n) is 12.9. The van der Waals surface area contributed by atoms with Crippen LogP contribution in [0.2, 0.25) is 0 Å². The van der Waals surface area contributed by atoms with Gasteiger partial charge in [-0.15, -0.1) is 0 Å². The van der Waals surface area contributed by atoms with E-state index in [9.17, 15) is 15.0 Å². The van der Waals surface area contributed by atoms with E-state index in [1.165, 1.54) is 7.11 Å². The molecular weight excluding hydrogens is 584 g/mol. The van der Waals surface area contributed by atoms with Crippen LogP contribution < -0.4 is 25.8 Å². The number of allylic oxidation sites excluding steroid dienone is 2. The predicted octanol–water partition coefficient (Wildman–Crippen LogP) is 5.50. The molecule has 0 saturated heterocycles. The number of methoxy groups -OCH3 is 2. The van der Waals surface area contributed by atoms with Crippen molar-refractivity contribution in [2.24, 2.45) is 22.1 Å². The fraction of sp³-hybridized carbons (Fsp3) is 0.556. The summed E-state index contributed by atoms with van der Waals surface area (Å²) in [5, 5.41) is 27.6. The van der Waals surface area contributed by atoms with Gasteiger partial charge in [-0.2, -0.15) is 0 Å². The molecule has 0 aromatic heterocycles. The second kappa shape index (κ2) is 16.2. The number of carbonyl (C=O) groups is 1. The minimum absolute atomic E-state index is 0.00840. The largest absolute Gasteiger partial charge is 0.504 e. The van der Waals surface area contributed by atoms with Gasteiger partial charge in [0.25, 0.3) is 0 Å². The zero-order chi connectivity index (χ0) is 33.2. The molecule has 0 amide bonds. The molecular formula is C36H52N4O6. The lowest BCUT2D eigenvalue weighted by molar-refractivity contribution is -0.123. The summed E-state index contributed by atoms with van der Waals surface area (Å²) in [6, 6.07) is 9.07. The van der Waals surface area contributed by atoms with Crippen molar-refractivity contribution in [1.29, 1.82) is 0 Å². The number of ketones is 1. The standard InChI is InChI=1S/C36H52N4O6/c1-38-24-36(17-13-25(23-36)14-18-44-3)46-31-20-26(19-28(33(31)43)40-34(37)39-2)9-5-6-10-32(42)35(15-7-8-16-35)22-27-11-12-29(41)30(21-27)45-4/h6,10-12,19-21,25,38,41,43H,5,7-9,13-18,22-24H2,1-4H3,(H3,37,39,40). The molecule has 0 aliphatic heterocycles. The van der Waals surface area contributed by atoms with Crippen molar-refractivity contribution < 1.29 is 29.2 Å². The summed E-state index contributed by atoms with van der Waals surface area (Å²) in [6.45, 7) is 1.37. The molecule has 2 saturated carbocycles. The highest BCUT2D eigenvalue weighted by Crippen LogP contribution is 2.45. The number of benzene rings is 2. The minimum Gasteiger partial charge on any atom is -0.504 e. The molecule has 2 unspecified atom stereocenters. The number of anilines is 1. The van der Waals surface area contributed by atoms with E-state index in [1.807, 2.05) is 37.4 Å². The lowest BCUT2D eigenvalue weighted by Crippen LogP contribution is -2.42. The topological polar surface area (TPSA) is 148 Å². The van der Waals surface area contributed by atoms with E-state index in [0.29, 0.717) is 55.5 Å². The Bertz CT molecular complexity index is 1390. The molecule has 6 N–H and O–H groups in total. The quantitative estimate of drug-likeness (QED) is 0.0698. The Labute approximate surface area is 273 Å². The van der Waals surface area contributed by atoms with Crippen molar-refractivity contribution in [3.8, 4) is 23.0 Å². The molecule has 2 aromatic carbocycles. The highest BCUT2D eigenvalue weighted by molar-refractivity contribution is 5.95. The van der Waals surface area contributed by atoms with Crippen LogP contribution in [-0.4, -0.2) is 69.0 Å². The molecule has 2 atom stereocenters. The molecule has 2 aliphatic carbocycles. The number of ether oxygens (including phenoxy) is 3. The summed E-state index contributed by atoms with van der Waals surface area (Å²) in [6.07, 6.45) is 13.0.